The number of para-hydroxylation sites is 2. The fraction of sp³-hybridized carbons (Fsp3) is 0.263. The fourth-order valence-corrected chi connectivity index (χ4v) is 3.66. The number of ether oxygens (including phenoxy) is 2. The van der Waals surface area contributed by atoms with E-state index in [1.165, 1.54) is 4.70 Å². The normalized spacial score (nSPS) is 15.6. The van der Waals surface area contributed by atoms with Crippen molar-refractivity contribution in [1.82, 2.24) is 4.98 Å². The number of carbonyl (C=O) groups excluding carboxylic acids is 1. The smallest absolute Gasteiger partial charge is 0.347 e. The fourth-order valence-electron chi connectivity index (χ4n) is 2.68. The molecule has 5 nitrogen and oxygen atoms in total. The molecule has 25 heavy (non-hydrogen) atoms. The van der Waals surface area contributed by atoms with Crippen LogP contribution >= 0.6 is 11.3 Å². The quantitative estimate of drug-likeness (QED) is 0.657. The van der Waals surface area contributed by atoms with Crippen LogP contribution in [0.1, 0.15) is 6.92 Å². The zero-order chi connectivity index (χ0) is 17.2. The standard InChI is InChI=1S/C19H18N2O3S/c1-13(23-14-7-3-2-4-8-14)18(22)24-15-11-21(12-15)19-20-16-9-5-6-10-17(16)25-19/h2-10,13,15H,11-12H2,1H3. The molecule has 1 atom stereocenters. The third kappa shape index (κ3) is 3.44. The molecule has 3 aromatic rings. The lowest BCUT2D eigenvalue weighted by Crippen LogP contribution is -2.54. The monoisotopic (exact) mass is 354 g/mol. The summed E-state index contributed by atoms with van der Waals surface area (Å²) in [6, 6.07) is 17.4. The Balaban J connectivity index is 1.29. The number of nitrogens with zero attached hydrogens (tertiary/aromatic N) is 2. The van der Waals surface area contributed by atoms with Crippen LogP contribution in [0.2, 0.25) is 0 Å². The number of benzene rings is 2. The van der Waals surface area contributed by atoms with Gasteiger partial charge < -0.3 is 14.4 Å². The minimum Gasteiger partial charge on any atom is -0.479 e. The molecule has 1 aliphatic rings. The molecule has 0 aliphatic carbocycles. The van der Waals surface area contributed by atoms with Crippen molar-refractivity contribution in [2.24, 2.45) is 0 Å². The highest BCUT2D eigenvalue weighted by Crippen LogP contribution is 2.31. The van der Waals surface area contributed by atoms with Crippen LogP contribution in [0.3, 0.4) is 0 Å². The molecule has 128 valence electrons. The molecule has 6 heteroatoms. The largest absolute Gasteiger partial charge is 0.479 e. The number of hydrogen-bond donors (Lipinski definition) is 0. The van der Waals surface area contributed by atoms with Crippen LogP contribution in [-0.4, -0.2) is 36.3 Å². The molecule has 0 spiro atoms. The highest BCUT2D eigenvalue weighted by atomic mass is 32.1. The van der Waals surface area contributed by atoms with Crippen molar-refractivity contribution in [1.29, 1.82) is 0 Å². The lowest BCUT2D eigenvalue weighted by atomic mass is 10.2. The summed E-state index contributed by atoms with van der Waals surface area (Å²) >= 11 is 1.66. The summed E-state index contributed by atoms with van der Waals surface area (Å²) in [5.74, 6) is 0.328. The second kappa shape index (κ2) is 6.72. The maximum absolute atomic E-state index is 12.2. The molecule has 2 heterocycles. The summed E-state index contributed by atoms with van der Waals surface area (Å²) in [6.07, 6.45) is -0.736. The molecule has 0 amide bonds. The first kappa shape index (κ1) is 15.9. The summed E-state index contributed by atoms with van der Waals surface area (Å²) in [5, 5.41) is 0.974. The van der Waals surface area contributed by atoms with E-state index in [1.807, 2.05) is 48.5 Å². The van der Waals surface area contributed by atoms with Crippen LogP contribution in [0.25, 0.3) is 10.2 Å². The number of rotatable bonds is 5. The Morgan fingerprint density at radius 3 is 2.64 bits per heavy atom. The van der Waals surface area contributed by atoms with Gasteiger partial charge in [0.2, 0.25) is 0 Å². The van der Waals surface area contributed by atoms with Crippen LogP contribution < -0.4 is 9.64 Å². The maximum atomic E-state index is 12.2. The van der Waals surface area contributed by atoms with Crippen LogP contribution in [-0.2, 0) is 9.53 Å². The second-order valence-electron chi connectivity index (χ2n) is 6.00. The molecule has 0 N–H and O–H groups in total. The average Bonchev–Trinajstić information content (AvgIpc) is 3.01. The predicted molar refractivity (Wildman–Crippen MR) is 98.2 cm³/mol. The summed E-state index contributed by atoms with van der Waals surface area (Å²) < 4.78 is 12.3. The first-order chi connectivity index (χ1) is 12.2. The average molecular weight is 354 g/mol. The Morgan fingerprint density at radius 1 is 1.16 bits per heavy atom. The third-order valence-electron chi connectivity index (χ3n) is 4.07. The van der Waals surface area contributed by atoms with E-state index in [2.05, 4.69) is 16.0 Å². The van der Waals surface area contributed by atoms with E-state index in [9.17, 15) is 4.79 Å². The molecule has 1 saturated heterocycles. The van der Waals surface area contributed by atoms with E-state index in [-0.39, 0.29) is 12.1 Å². The van der Waals surface area contributed by atoms with Crippen molar-refractivity contribution < 1.29 is 14.3 Å². The molecule has 1 unspecified atom stereocenters. The number of hydrogen-bond acceptors (Lipinski definition) is 6. The Morgan fingerprint density at radius 2 is 1.88 bits per heavy atom. The molecule has 4 rings (SSSR count). The Hall–Kier alpha value is -2.60. The van der Waals surface area contributed by atoms with Crippen molar-refractivity contribution in [2.45, 2.75) is 19.1 Å². The first-order valence-corrected chi connectivity index (χ1v) is 9.03. The summed E-state index contributed by atoms with van der Waals surface area (Å²) in [5.41, 5.74) is 1.01. The summed E-state index contributed by atoms with van der Waals surface area (Å²) in [7, 11) is 0. The van der Waals surface area contributed by atoms with Crippen molar-refractivity contribution in [3.05, 3.63) is 54.6 Å². The molecule has 0 saturated carbocycles. The van der Waals surface area contributed by atoms with Crippen LogP contribution in [0.4, 0.5) is 5.13 Å². The molecular weight excluding hydrogens is 336 g/mol. The maximum Gasteiger partial charge on any atom is 0.347 e. The van der Waals surface area contributed by atoms with Crippen LogP contribution in [0.15, 0.2) is 54.6 Å². The van der Waals surface area contributed by atoms with Crippen molar-refractivity contribution in [2.75, 3.05) is 18.0 Å². The summed E-state index contributed by atoms with van der Waals surface area (Å²) in [6.45, 7) is 3.05. The third-order valence-corrected chi connectivity index (χ3v) is 5.17. The first-order valence-electron chi connectivity index (χ1n) is 8.22. The summed E-state index contributed by atoms with van der Waals surface area (Å²) in [4.78, 5) is 18.9. The van der Waals surface area contributed by atoms with Gasteiger partial charge in [-0.2, -0.15) is 0 Å². The van der Waals surface area contributed by atoms with Gasteiger partial charge in [0.05, 0.1) is 23.3 Å². The number of carbonyl (C=O) groups is 1. The van der Waals surface area contributed by atoms with Crippen molar-refractivity contribution in [3.8, 4) is 5.75 Å². The van der Waals surface area contributed by atoms with Gasteiger partial charge in [-0.15, -0.1) is 0 Å². The predicted octanol–water partition coefficient (Wildman–Crippen LogP) is 3.50. The minimum absolute atomic E-state index is 0.110. The molecule has 0 bridgehead atoms. The van der Waals surface area contributed by atoms with E-state index in [1.54, 1.807) is 18.3 Å². The second-order valence-corrected chi connectivity index (χ2v) is 7.01. The van der Waals surface area contributed by atoms with Crippen LogP contribution in [0.5, 0.6) is 5.75 Å². The van der Waals surface area contributed by atoms with Gasteiger partial charge in [0.15, 0.2) is 11.2 Å². The molecule has 0 radical (unpaired) electrons. The van der Waals surface area contributed by atoms with Gasteiger partial charge in [0.1, 0.15) is 11.9 Å². The number of aromatic nitrogens is 1. The number of anilines is 1. The Labute approximate surface area is 149 Å². The highest BCUT2D eigenvalue weighted by Gasteiger charge is 2.33. The van der Waals surface area contributed by atoms with Gasteiger partial charge in [-0.25, -0.2) is 9.78 Å². The lowest BCUT2D eigenvalue weighted by Gasteiger charge is -2.38. The number of esters is 1. The van der Waals surface area contributed by atoms with Crippen molar-refractivity contribution >= 4 is 32.7 Å². The minimum atomic E-state index is -0.626. The molecule has 2 aromatic carbocycles. The van der Waals surface area contributed by atoms with E-state index in [0.717, 1.165) is 10.6 Å². The molecule has 1 aromatic heterocycles. The van der Waals surface area contributed by atoms with Gasteiger partial charge in [-0.05, 0) is 31.2 Å². The van der Waals surface area contributed by atoms with Crippen molar-refractivity contribution in [3.63, 3.8) is 0 Å². The van der Waals surface area contributed by atoms with E-state index in [0.29, 0.717) is 18.8 Å². The molecule has 1 aliphatic heterocycles. The van der Waals surface area contributed by atoms with Gasteiger partial charge in [-0.3, -0.25) is 0 Å². The molecular formula is C19H18N2O3S. The van der Waals surface area contributed by atoms with Gasteiger partial charge in [0, 0.05) is 0 Å². The van der Waals surface area contributed by atoms with Gasteiger partial charge in [0.25, 0.3) is 0 Å². The van der Waals surface area contributed by atoms with Gasteiger partial charge in [-0.1, -0.05) is 41.7 Å². The number of thiazole rings is 1. The van der Waals surface area contributed by atoms with Crippen LogP contribution in [0, 0.1) is 0 Å². The number of fused-ring (bicyclic) bond motifs is 1. The van der Waals surface area contributed by atoms with E-state index >= 15 is 0 Å². The highest BCUT2D eigenvalue weighted by molar-refractivity contribution is 7.22. The lowest BCUT2D eigenvalue weighted by molar-refractivity contribution is -0.157. The van der Waals surface area contributed by atoms with E-state index in [4.69, 9.17) is 9.47 Å². The molecule has 1 fully saturated rings. The van der Waals surface area contributed by atoms with Gasteiger partial charge >= 0.3 is 5.97 Å². The van der Waals surface area contributed by atoms with E-state index < -0.39 is 6.10 Å². The zero-order valence-corrected chi connectivity index (χ0v) is 14.6. The Kier molecular flexibility index (Phi) is 4.28. The Bertz CT molecular complexity index is 842. The SMILES string of the molecule is CC(Oc1ccccc1)C(=O)OC1CN(c2nc3ccccc3s2)C1. The topological polar surface area (TPSA) is 51.7 Å². The zero-order valence-electron chi connectivity index (χ0n) is 13.8.